The molecule has 1 aromatic heterocycles. The zero-order valence-corrected chi connectivity index (χ0v) is 17.6. The summed E-state index contributed by atoms with van der Waals surface area (Å²) in [5.74, 6) is 0. The first kappa shape index (κ1) is 19.3. The highest BCUT2D eigenvalue weighted by atomic mass is 28.4. The van der Waals surface area contributed by atoms with Gasteiger partial charge in [-0.15, -0.1) is 0 Å². The summed E-state index contributed by atoms with van der Waals surface area (Å²) in [4.78, 5) is 26.2. The molecule has 1 spiro atoms. The fourth-order valence-corrected chi connectivity index (χ4v) is 4.84. The fourth-order valence-electron chi connectivity index (χ4n) is 3.46. The van der Waals surface area contributed by atoms with Crippen LogP contribution >= 0.6 is 0 Å². The van der Waals surface area contributed by atoms with Gasteiger partial charge in [0, 0.05) is 11.8 Å². The van der Waals surface area contributed by atoms with Crippen molar-refractivity contribution < 1.29 is 9.16 Å². The highest BCUT2D eigenvalue weighted by molar-refractivity contribution is 6.74. The number of aryl methyl sites for hydroxylation is 1. The van der Waals surface area contributed by atoms with Gasteiger partial charge in [-0.3, -0.25) is 14.3 Å². The second kappa shape index (κ2) is 6.32. The van der Waals surface area contributed by atoms with E-state index in [0.29, 0.717) is 5.56 Å². The number of ether oxygens (including phenoxy) is 1. The number of hydrogen-bond acceptors (Lipinski definition) is 4. The summed E-state index contributed by atoms with van der Waals surface area (Å²) in [7, 11) is -1.92. The van der Waals surface area contributed by atoms with Crippen molar-refractivity contribution in [2.24, 2.45) is 0 Å². The molecule has 26 heavy (non-hydrogen) atoms. The normalized spacial score (nSPS) is 29.0. The molecule has 7 heteroatoms. The van der Waals surface area contributed by atoms with E-state index in [1.807, 2.05) is 6.08 Å². The lowest BCUT2D eigenvalue weighted by Crippen LogP contribution is -2.50. The van der Waals surface area contributed by atoms with Gasteiger partial charge in [-0.2, -0.15) is 0 Å². The average Bonchev–Trinajstić information content (AvgIpc) is 3.10. The molecule has 1 N–H and O–H groups in total. The summed E-state index contributed by atoms with van der Waals surface area (Å²) < 4.78 is 14.5. The standard InChI is InChI=1S/C19H30N2O4Si/c1-13-12-21(17(23)20-16(13)22)15-9-11-19(24-15)10-7-8-14(19)25-26(5,6)18(2,3)4/h9,11-12,14-15H,7-8,10H2,1-6H3,(H,20,22,23)/t14-,15+,19-/m0/s1. The lowest BCUT2D eigenvalue weighted by atomic mass is 10.0. The topological polar surface area (TPSA) is 73.3 Å². The number of hydrogen-bond donors (Lipinski definition) is 1. The van der Waals surface area contributed by atoms with Crippen LogP contribution in [0, 0.1) is 6.92 Å². The van der Waals surface area contributed by atoms with Crippen LogP contribution in [0.15, 0.2) is 27.9 Å². The van der Waals surface area contributed by atoms with Crippen LogP contribution in [-0.2, 0) is 9.16 Å². The van der Waals surface area contributed by atoms with Crippen LogP contribution in [0.25, 0.3) is 0 Å². The third-order valence-corrected chi connectivity index (χ3v) is 10.6. The van der Waals surface area contributed by atoms with E-state index in [1.165, 1.54) is 4.57 Å². The number of aromatic amines is 1. The Hall–Kier alpha value is -1.44. The molecule has 3 rings (SSSR count). The largest absolute Gasteiger partial charge is 0.411 e. The number of H-pyrrole nitrogens is 1. The van der Waals surface area contributed by atoms with E-state index < -0.39 is 25.8 Å². The molecule has 1 fully saturated rings. The Bertz CT molecular complexity index is 833. The van der Waals surface area contributed by atoms with Crippen LogP contribution in [0.4, 0.5) is 0 Å². The van der Waals surface area contributed by atoms with Crippen LogP contribution in [0.2, 0.25) is 18.1 Å². The summed E-state index contributed by atoms with van der Waals surface area (Å²) in [6.07, 6.45) is 7.91. The smallest absolute Gasteiger partial charge is 0.330 e. The molecule has 1 aliphatic carbocycles. The van der Waals surface area contributed by atoms with Gasteiger partial charge in [0.15, 0.2) is 14.5 Å². The minimum Gasteiger partial charge on any atom is -0.411 e. The molecule has 0 aromatic carbocycles. The molecule has 0 unspecified atom stereocenters. The molecule has 144 valence electrons. The third kappa shape index (κ3) is 3.28. The molecule has 0 saturated heterocycles. The lowest BCUT2D eigenvalue weighted by molar-refractivity contribution is -0.102. The zero-order chi connectivity index (χ0) is 19.3. The Morgan fingerprint density at radius 3 is 2.69 bits per heavy atom. The van der Waals surface area contributed by atoms with Crippen molar-refractivity contribution in [2.75, 3.05) is 0 Å². The van der Waals surface area contributed by atoms with Crippen molar-refractivity contribution in [2.45, 2.75) is 83.0 Å². The average molecular weight is 379 g/mol. The van der Waals surface area contributed by atoms with Crippen molar-refractivity contribution >= 4 is 8.32 Å². The molecular weight excluding hydrogens is 348 g/mol. The minimum atomic E-state index is -1.92. The van der Waals surface area contributed by atoms with Crippen LogP contribution in [0.1, 0.15) is 51.8 Å². The fraction of sp³-hybridized carbons (Fsp3) is 0.684. The van der Waals surface area contributed by atoms with E-state index in [-0.39, 0.29) is 16.7 Å². The van der Waals surface area contributed by atoms with Gasteiger partial charge >= 0.3 is 5.69 Å². The second-order valence-corrected chi connectivity index (χ2v) is 13.8. The Kier molecular flexibility index (Phi) is 4.70. The quantitative estimate of drug-likeness (QED) is 0.647. The molecular formula is C19H30N2O4Si. The van der Waals surface area contributed by atoms with Gasteiger partial charge in [-0.25, -0.2) is 4.79 Å². The SMILES string of the molecule is Cc1cn([C@H]2C=C[C@]3(CCC[C@@H]3O[Si](C)(C)C(C)(C)C)O2)c(=O)[nH]c1=O. The molecule has 2 aliphatic rings. The molecule has 2 heterocycles. The molecule has 1 aromatic rings. The first-order valence-electron chi connectivity index (χ1n) is 9.32. The van der Waals surface area contributed by atoms with Crippen molar-refractivity contribution in [1.82, 2.24) is 9.55 Å². The summed E-state index contributed by atoms with van der Waals surface area (Å²) in [6, 6.07) is 0. The molecule has 1 saturated carbocycles. The Morgan fingerprint density at radius 1 is 1.35 bits per heavy atom. The molecule has 0 amide bonds. The predicted molar refractivity (Wildman–Crippen MR) is 104 cm³/mol. The van der Waals surface area contributed by atoms with Gasteiger partial charge in [0.05, 0.1) is 6.10 Å². The van der Waals surface area contributed by atoms with E-state index >= 15 is 0 Å². The minimum absolute atomic E-state index is 0.00389. The Labute approximate surface area is 155 Å². The van der Waals surface area contributed by atoms with E-state index in [1.54, 1.807) is 13.1 Å². The van der Waals surface area contributed by atoms with E-state index in [0.717, 1.165) is 19.3 Å². The summed E-state index contributed by atoms with van der Waals surface area (Å²) >= 11 is 0. The van der Waals surface area contributed by atoms with Gasteiger partial charge in [0.1, 0.15) is 5.60 Å². The molecule has 3 atom stereocenters. The summed E-state index contributed by atoms with van der Waals surface area (Å²) in [5.41, 5.74) is -0.804. The lowest BCUT2D eigenvalue weighted by Gasteiger charge is -2.42. The van der Waals surface area contributed by atoms with Gasteiger partial charge in [0.2, 0.25) is 0 Å². The number of rotatable bonds is 3. The monoisotopic (exact) mass is 378 g/mol. The van der Waals surface area contributed by atoms with Crippen molar-refractivity contribution in [3.63, 3.8) is 0 Å². The molecule has 0 bridgehead atoms. The van der Waals surface area contributed by atoms with E-state index in [2.05, 4.69) is 44.9 Å². The van der Waals surface area contributed by atoms with Crippen molar-refractivity contribution in [1.29, 1.82) is 0 Å². The van der Waals surface area contributed by atoms with Gasteiger partial charge < -0.3 is 9.16 Å². The van der Waals surface area contributed by atoms with Gasteiger partial charge in [0.25, 0.3) is 5.56 Å². The number of aromatic nitrogens is 2. The second-order valence-electron chi connectivity index (χ2n) is 9.06. The molecule has 6 nitrogen and oxygen atoms in total. The Balaban J connectivity index is 1.85. The zero-order valence-electron chi connectivity index (χ0n) is 16.6. The first-order valence-corrected chi connectivity index (χ1v) is 12.2. The highest BCUT2D eigenvalue weighted by Crippen LogP contribution is 2.47. The maximum atomic E-state index is 12.2. The predicted octanol–water partition coefficient (Wildman–Crippen LogP) is 3.24. The van der Waals surface area contributed by atoms with Crippen LogP contribution < -0.4 is 11.2 Å². The molecule has 1 aliphatic heterocycles. The summed E-state index contributed by atoms with van der Waals surface area (Å²) in [6.45, 7) is 12.9. The van der Waals surface area contributed by atoms with Gasteiger partial charge in [-0.1, -0.05) is 20.8 Å². The van der Waals surface area contributed by atoms with Crippen LogP contribution in [0.5, 0.6) is 0 Å². The van der Waals surface area contributed by atoms with Crippen molar-refractivity contribution in [3.05, 3.63) is 44.8 Å². The maximum Gasteiger partial charge on any atom is 0.330 e. The first-order chi connectivity index (χ1) is 12.0. The maximum absolute atomic E-state index is 12.2. The van der Waals surface area contributed by atoms with Gasteiger partial charge in [-0.05, 0) is 56.5 Å². The highest BCUT2D eigenvalue weighted by Gasteiger charge is 2.51. The number of nitrogens with one attached hydrogen (secondary N) is 1. The summed E-state index contributed by atoms with van der Waals surface area (Å²) in [5, 5.41) is 0.130. The van der Waals surface area contributed by atoms with E-state index in [9.17, 15) is 9.59 Å². The van der Waals surface area contributed by atoms with E-state index in [4.69, 9.17) is 9.16 Å². The third-order valence-electron chi connectivity index (χ3n) is 6.13. The van der Waals surface area contributed by atoms with Crippen molar-refractivity contribution in [3.8, 4) is 0 Å². The molecule has 0 radical (unpaired) electrons. The van der Waals surface area contributed by atoms with Crippen LogP contribution in [-0.4, -0.2) is 29.6 Å². The van der Waals surface area contributed by atoms with Crippen LogP contribution in [0.3, 0.4) is 0 Å². The Morgan fingerprint density at radius 2 is 2.04 bits per heavy atom. The number of nitrogens with zero attached hydrogens (tertiary/aromatic N) is 1.